The Balaban J connectivity index is 1.63. The number of carbonyl (C=O) groups is 2. The summed E-state index contributed by atoms with van der Waals surface area (Å²) < 4.78 is 2.33. The summed E-state index contributed by atoms with van der Waals surface area (Å²) in [6.45, 7) is 0.259. The molecule has 2 heterocycles. The molecule has 0 bridgehead atoms. The Bertz CT molecular complexity index is 1210. The number of aromatic hydroxyl groups is 2. The van der Waals surface area contributed by atoms with Gasteiger partial charge < -0.3 is 30.0 Å². The minimum atomic E-state index is -0.669. The summed E-state index contributed by atoms with van der Waals surface area (Å²) in [4.78, 5) is 48.2. The molecule has 3 aromatic rings. The van der Waals surface area contributed by atoms with E-state index in [4.69, 9.17) is 0 Å². The number of rotatable bonds is 6. The molecular formula is C22H22N4O6. The number of nitrogens with one attached hydrogen (secondary N) is 2. The van der Waals surface area contributed by atoms with E-state index in [9.17, 15) is 29.4 Å². The molecule has 32 heavy (non-hydrogen) atoms. The van der Waals surface area contributed by atoms with Crippen molar-refractivity contribution in [1.29, 1.82) is 0 Å². The lowest BCUT2D eigenvalue weighted by Gasteiger charge is -2.10. The van der Waals surface area contributed by atoms with Gasteiger partial charge in [0, 0.05) is 39.6 Å². The zero-order chi connectivity index (χ0) is 23.4. The number of amides is 2. The normalized spacial score (nSPS) is 10.6. The van der Waals surface area contributed by atoms with E-state index in [1.54, 1.807) is 24.3 Å². The topological polar surface area (TPSA) is 143 Å². The Kier molecular flexibility index (Phi) is 6.43. The summed E-state index contributed by atoms with van der Waals surface area (Å²) >= 11 is 0. The van der Waals surface area contributed by atoms with E-state index >= 15 is 0 Å². The summed E-state index contributed by atoms with van der Waals surface area (Å²) in [5, 5.41) is 25.0. The zero-order valence-electron chi connectivity index (χ0n) is 17.5. The number of pyridine rings is 2. The van der Waals surface area contributed by atoms with Gasteiger partial charge >= 0.3 is 0 Å². The second-order valence-corrected chi connectivity index (χ2v) is 7.17. The number of hydrogen-bond acceptors (Lipinski definition) is 6. The van der Waals surface area contributed by atoms with E-state index in [0.717, 1.165) is 20.3 Å². The van der Waals surface area contributed by atoms with Crippen molar-refractivity contribution < 1.29 is 19.8 Å². The average molecular weight is 438 g/mol. The molecule has 2 amide bonds. The number of carbonyl (C=O) groups excluding carboxylic acids is 2. The molecule has 0 atom stereocenters. The molecule has 0 aliphatic heterocycles. The monoisotopic (exact) mass is 438 g/mol. The smallest absolute Gasteiger partial charge is 0.293 e. The van der Waals surface area contributed by atoms with E-state index in [2.05, 4.69) is 10.6 Å². The maximum Gasteiger partial charge on any atom is 0.293 e. The number of aryl methyl sites for hydroxylation is 2. The quantitative estimate of drug-likeness (QED) is 0.438. The lowest BCUT2D eigenvalue weighted by molar-refractivity contribution is 0.0940. The van der Waals surface area contributed by atoms with Crippen molar-refractivity contribution in [2.45, 2.75) is 13.1 Å². The first kappa shape index (κ1) is 22.3. The first-order valence-electron chi connectivity index (χ1n) is 9.60. The Hall–Kier alpha value is -4.34. The highest BCUT2D eigenvalue weighted by atomic mass is 16.3. The lowest BCUT2D eigenvalue weighted by atomic mass is 10.1. The summed E-state index contributed by atoms with van der Waals surface area (Å²) in [6.07, 6.45) is 2.78. The number of nitrogens with zero attached hydrogens (tertiary/aromatic N) is 2. The van der Waals surface area contributed by atoms with Crippen LogP contribution in [0.2, 0.25) is 0 Å². The summed E-state index contributed by atoms with van der Waals surface area (Å²) in [5.41, 5.74) is -0.124. The molecule has 0 radical (unpaired) electrons. The molecule has 1 aromatic carbocycles. The third-order valence-corrected chi connectivity index (χ3v) is 4.87. The molecular weight excluding hydrogens is 416 g/mol. The van der Waals surface area contributed by atoms with Crippen molar-refractivity contribution in [1.82, 2.24) is 19.8 Å². The van der Waals surface area contributed by atoms with Gasteiger partial charge in [-0.15, -0.1) is 0 Å². The molecule has 3 rings (SSSR count). The highest BCUT2D eigenvalue weighted by molar-refractivity contribution is 5.97. The average Bonchev–Trinajstić information content (AvgIpc) is 2.78. The largest absolute Gasteiger partial charge is 0.502 e. The van der Waals surface area contributed by atoms with Crippen LogP contribution < -0.4 is 21.8 Å². The van der Waals surface area contributed by atoms with Gasteiger partial charge in [-0.05, 0) is 23.3 Å². The Morgan fingerprint density at radius 3 is 1.59 bits per heavy atom. The molecule has 4 N–H and O–H groups in total. The molecule has 0 saturated carbocycles. The van der Waals surface area contributed by atoms with Crippen LogP contribution in [0.5, 0.6) is 11.5 Å². The van der Waals surface area contributed by atoms with Gasteiger partial charge in [0.25, 0.3) is 22.9 Å². The number of aromatic nitrogens is 2. The molecule has 2 aromatic heterocycles. The minimum Gasteiger partial charge on any atom is -0.502 e. The van der Waals surface area contributed by atoms with E-state index < -0.39 is 34.4 Å². The van der Waals surface area contributed by atoms with E-state index in [1.165, 1.54) is 38.6 Å². The van der Waals surface area contributed by atoms with Crippen LogP contribution in [0.1, 0.15) is 31.8 Å². The van der Waals surface area contributed by atoms with Crippen LogP contribution in [-0.4, -0.2) is 31.2 Å². The third kappa shape index (κ3) is 4.69. The summed E-state index contributed by atoms with van der Waals surface area (Å²) in [5.74, 6) is -2.44. The molecule has 10 nitrogen and oxygen atoms in total. The predicted octanol–water partition coefficient (Wildman–Crippen LogP) is 0.355. The van der Waals surface area contributed by atoms with Crippen molar-refractivity contribution >= 4 is 11.8 Å². The van der Waals surface area contributed by atoms with Gasteiger partial charge in [-0.3, -0.25) is 19.2 Å². The van der Waals surface area contributed by atoms with Crippen LogP contribution in [0.3, 0.4) is 0 Å². The fourth-order valence-corrected chi connectivity index (χ4v) is 3.00. The molecule has 0 aliphatic carbocycles. The maximum absolute atomic E-state index is 12.3. The van der Waals surface area contributed by atoms with Crippen LogP contribution in [0.4, 0.5) is 0 Å². The third-order valence-electron chi connectivity index (χ3n) is 4.87. The van der Waals surface area contributed by atoms with E-state index in [1.807, 2.05) is 0 Å². The van der Waals surface area contributed by atoms with Gasteiger partial charge in [0.05, 0.1) is 11.1 Å². The van der Waals surface area contributed by atoms with Crippen molar-refractivity contribution in [3.05, 3.63) is 91.8 Å². The van der Waals surface area contributed by atoms with Crippen LogP contribution in [0.15, 0.2) is 58.4 Å². The molecule has 0 fully saturated rings. The molecule has 0 spiro atoms. The van der Waals surface area contributed by atoms with E-state index in [0.29, 0.717) is 0 Å². The van der Waals surface area contributed by atoms with Gasteiger partial charge in [-0.1, -0.05) is 24.3 Å². The second kappa shape index (κ2) is 9.21. The first-order valence-corrected chi connectivity index (χ1v) is 9.60. The molecule has 0 aliphatic rings. The summed E-state index contributed by atoms with van der Waals surface area (Å²) in [7, 11) is 2.93. The van der Waals surface area contributed by atoms with Gasteiger partial charge in [0.2, 0.25) is 0 Å². The van der Waals surface area contributed by atoms with Gasteiger partial charge in [0.1, 0.15) is 0 Å². The Morgan fingerprint density at radius 1 is 0.781 bits per heavy atom. The minimum absolute atomic E-state index is 0.120. The second-order valence-electron chi connectivity index (χ2n) is 7.17. The van der Waals surface area contributed by atoms with Crippen LogP contribution in [0, 0.1) is 0 Å². The molecule has 166 valence electrons. The first-order chi connectivity index (χ1) is 15.2. The molecule has 10 heteroatoms. The fourth-order valence-electron chi connectivity index (χ4n) is 3.00. The van der Waals surface area contributed by atoms with Crippen LogP contribution >= 0.6 is 0 Å². The van der Waals surface area contributed by atoms with Gasteiger partial charge in [0.15, 0.2) is 11.5 Å². The van der Waals surface area contributed by atoms with E-state index in [-0.39, 0.29) is 24.2 Å². The van der Waals surface area contributed by atoms with Crippen molar-refractivity contribution in [3.63, 3.8) is 0 Å². The molecule has 0 saturated heterocycles. The zero-order valence-corrected chi connectivity index (χ0v) is 17.5. The number of benzene rings is 1. The predicted molar refractivity (Wildman–Crippen MR) is 115 cm³/mol. The van der Waals surface area contributed by atoms with Crippen LogP contribution in [-0.2, 0) is 27.2 Å². The Labute approximate surface area is 182 Å². The summed E-state index contributed by atoms with van der Waals surface area (Å²) in [6, 6.07) is 9.74. The highest BCUT2D eigenvalue weighted by Gasteiger charge is 2.16. The lowest BCUT2D eigenvalue weighted by Crippen LogP contribution is -2.27. The van der Waals surface area contributed by atoms with Gasteiger partial charge in [-0.25, -0.2) is 0 Å². The van der Waals surface area contributed by atoms with Crippen molar-refractivity contribution in [3.8, 4) is 11.5 Å². The van der Waals surface area contributed by atoms with Gasteiger partial charge in [-0.2, -0.15) is 0 Å². The van der Waals surface area contributed by atoms with Crippen molar-refractivity contribution in [2.75, 3.05) is 0 Å². The molecule has 0 unspecified atom stereocenters. The fraction of sp³-hybridized carbons (Fsp3) is 0.182. The standard InChI is InChI=1S/C22H22N4O6/c1-25-8-6-15(17(27)21(25)31)19(29)23-11-13-4-3-5-14(10-13)12-24-20(30)16-7-9-26(2)22(32)18(16)28/h3-10,27-28H,11-12H2,1-2H3,(H,23,29)(H,24,30). The maximum atomic E-state index is 12.3. The SMILES string of the molecule is Cn1ccc(C(=O)NCc2cccc(CNC(=O)c3ccn(C)c(=O)c3O)c2)c(O)c1=O. The van der Waals surface area contributed by atoms with Crippen LogP contribution in [0.25, 0.3) is 0 Å². The van der Waals surface area contributed by atoms with Crippen molar-refractivity contribution in [2.24, 2.45) is 14.1 Å². The highest BCUT2D eigenvalue weighted by Crippen LogP contribution is 2.12. The Morgan fingerprint density at radius 2 is 1.19 bits per heavy atom. The number of hydrogen-bond donors (Lipinski definition) is 4.